The Bertz CT molecular complexity index is 425. The lowest BCUT2D eigenvalue weighted by molar-refractivity contribution is 0.915. The van der Waals surface area contributed by atoms with Gasteiger partial charge in [0.05, 0.1) is 11.6 Å². The van der Waals surface area contributed by atoms with Gasteiger partial charge in [-0.2, -0.15) is 5.26 Å². The molecule has 0 saturated heterocycles. The minimum Gasteiger partial charge on any atom is -0.398 e. The molecule has 0 amide bonds. The molecule has 0 fully saturated rings. The lowest BCUT2D eigenvalue weighted by Gasteiger charge is -2.16. The molecule has 0 bridgehead atoms. The van der Waals surface area contributed by atoms with Crippen molar-refractivity contribution in [2.45, 2.75) is 40.5 Å². The smallest absolute Gasteiger partial charge is 0.0998 e. The monoisotopic (exact) mass is 202 g/mol. The fourth-order valence-electron chi connectivity index (χ4n) is 1.92. The quantitative estimate of drug-likeness (QED) is 0.749. The Labute approximate surface area is 91.7 Å². The SMILES string of the molecule is CCCc1c(N)c(C)c(C)c(C)c1C#N. The maximum Gasteiger partial charge on any atom is 0.0998 e. The molecule has 0 radical (unpaired) electrons. The van der Waals surface area contributed by atoms with E-state index in [1.807, 2.05) is 20.8 Å². The largest absolute Gasteiger partial charge is 0.398 e. The molecule has 0 spiro atoms. The number of nitrogens with two attached hydrogens (primary N) is 1. The van der Waals surface area contributed by atoms with Gasteiger partial charge in [0.1, 0.15) is 0 Å². The second-order valence-corrected chi connectivity index (χ2v) is 4.00. The van der Waals surface area contributed by atoms with Crippen LogP contribution in [0.5, 0.6) is 0 Å². The Hall–Kier alpha value is -1.49. The molecule has 1 rings (SSSR count). The molecule has 0 aliphatic carbocycles. The molecule has 0 aliphatic rings. The zero-order chi connectivity index (χ0) is 11.6. The van der Waals surface area contributed by atoms with Crippen LogP contribution in [0.1, 0.15) is 41.2 Å². The third-order valence-corrected chi connectivity index (χ3v) is 3.14. The van der Waals surface area contributed by atoms with E-state index in [0.717, 1.165) is 46.3 Å². The second-order valence-electron chi connectivity index (χ2n) is 4.00. The van der Waals surface area contributed by atoms with Gasteiger partial charge in [-0.25, -0.2) is 0 Å². The summed E-state index contributed by atoms with van der Waals surface area (Å²) in [6.45, 7) is 8.15. The van der Waals surface area contributed by atoms with Gasteiger partial charge >= 0.3 is 0 Å². The highest BCUT2D eigenvalue weighted by Crippen LogP contribution is 2.29. The number of nitrogens with zero attached hydrogens (tertiary/aromatic N) is 1. The van der Waals surface area contributed by atoms with Crippen LogP contribution in [-0.4, -0.2) is 0 Å². The Kier molecular flexibility index (Phi) is 3.36. The molecular weight excluding hydrogens is 184 g/mol. The zero-order valence-electron chi connectivity index (χ0n) is 9.94. The summed E-state index contributed by atoms with van der Waals surface area (Å²) < 4.78 is 0. The predicted molar refractivity (Wildman–Crippen MR) is 63.8 cm³/mol. The Morgan fingerprint density at radius 1 is 1.13 bits per heavy atom. The van der Waals surface area contributed by atoms with Gasteiger partial charge in [-0.1, -0.05) is 13.3 Å². The summed E-state index contributed by atoms with van der Waals surface area (Å²) in [7, 11) is 0. The highest BCUT2D eigenvalue weighted by molar-refractivity contribution is 5.65. The minimum absolute atomic E-state index is 0.775. The van der Waals surface area contributed by atoms with Crippen LogP contribution in [0.3, 0.4) is 0 Å². The highest BCUT2D eigenvalue weighted by atomic mass is 14.6. The molecule has 1 aromatic rings. The van der Waals surface area contributed by atoms with Crippen LogP contribution in [-0.2, 0) is 6.42 Å². The Balaban J connectivity index is 3.56. The lowest BCUT2D eigenvalue weighted by Crippen LogP contribution is -2.05. The number of anilines is 1. The number of benzene rings is 1. The summed E-state index contributed by atoms with van der Waals surface area (Å²) in [5.74, 6) is 0. The Morgan fingerprint density at radius 2 is 1.73 bits per heavy atom. The molecule has 0 aliphatic heterocycles. The number of nitrogen functional groups attached to an aromatic ring is 1. The van der Waals surface area contributed by atoms with Gasteiger partial charge in [0.25, 0.3) is 0 Å². The molecule has 0 aromatic heterocycles. The van der Waals surface area contributed by atoms with Gasteiger partial charge in [0, 0.05) is 5.69 Å². The van der Waals surface area contributed by atoms with E-state index in [1.165, 1.54) is 0 Å². The third kappa shape index (κ3) is 1.83. The average Bonchev–Trinajstić information content (AvgIpc) is 2.24. The van der Waals surface area contributed by atoms with Gasteiger partial charge in [-0.05, 0) is 49.4 Å². The van der Waals surface area contributed by atoms with Crippen LogP contribution in [0.2, 0.25) is 0 Å². The van der Waals surface area contributed by atoms with Crippen molar-refractivity contribution in [1.29, 1.82) is 5.26 Å². The van der Waals surface area contributed by atoms with Crippen molar-refractivity contribution in [3.05, 3.63) is 27.8 Å². The first-order valence-electron chi connectivity index (χ1n) is 5.32. The number of nitriles is 1. The van der Waals surface area contributed by atoms with E-state index in [9.17, 15) is 0 Å². The third-order valence-electron chi connectivity index (χ3n) is 3.14. The van der Waals surface area contributed by atoms with E-state index < -0.39 is 0 Å². The Morgan fingerprint density at radius 3 is 2.20 bits per heavy atom. The van der Waals surface area contributed by atoms with E-state index >= 15 is 0 Å². The van der Waals surface area contributed by atoms with Gasteiger partial charge in [-0.3, -0.25) is 0 Å². The van der Waals surface area contributed by atoms with Crippen LogP contribution >= 0.6 is 0 Å². The van der Waals surface area contributed by atoms with Crippen LogP contribution in [0, 0.1) is 32.1 Å². The van der Waals surface area contributed by atoms with Gasteiger partial charge in [-0.15, -0.1) is 0 Å². The topological polar surface area (TPSA) is 49.8 Å². The van der Waals surface area contributed by atoms with E-state index in [0.29, 0.717) is 0 Å². The highest BCUT2D eigenvalue weighted by Gasteiger charge is 2.14. The lowest BCUT2D eigenvalue weighted by atomic mass is 9.90. The summed E-state index contributed by atoms with van der Waals surface area (Å²) in [5.41, 5.74) is 12.0. The van der Waals surface area contributed by atoms with Crippen LogP contribution in [0.25, 0.3) is 0 Å². The first-order chi connectivity index (χ1) is 7.04. The molecule has 0 unspecified atom stereocenters. The maximum atomic E-state index is 9.16. The van der Waals surface area contributed by atoms with Crippen molar-refractivity contribution in [3.8, 4) is 6.07 Å². The molecule has 15 heavy (non-hydrogen) atoms. The summed E-state index contributed by atoms with van der Waals surface area (Å²) in [6, 6.07) is 2.28. The van der Waals surface area contributed by atoms with E-state index in [2.05, 4.69) is 13.0 Å². The van der Waals surface area contributed by atoms with Crippen LogP contribution in [0.15, 0.2) is 0 Å². The first kappa shape index (κ1) is 11.6. The van der Waals surface area contributed by atoms with Gasteiger partial charge in [0.2, 0.25) is 0 Å². The summed E-state index contributed by atoms with van der Waals surface area (Å²) in [5, 5.41) is 9.16. The van der Waals surface area contributed by atoms with Crippen molar-refractivity contribution < 1.29 is 0 Å². The van der Waals surface area contributed by atoms with Gasteiger partial charge < -0.3 is 5.73 Å². The number of hydrogen-bond donors (Lipinski definition) is 1. The molecule has 2 nitrogen and oxygen atoms in total. The zero-order valence-corrected chi connectivity index (χ0v) is 9.94. The van der Waals surface area contributed by atoms with E-state index in [1.54, 1.807) is 0 Å². The predicted octanol–water partition coefficient (Wildman–Crippen LogP) is 3.02. The summed E-state index contributed by atoms with van der Waals surface area (Å²) in [6.07, 6.45) is 1.90. The average molecular weight is 202 g/mol. The molecule has 2 N–H and O–H groups in total. The van der Waals surface area contributed by atoms with Crippen molar-refractivity contribution in [2.75, 3.05) is 5.73 Å². The van der Waals surface area contributed by atoms with Crippen molar-refractivity contribution in [1.82, 2.24) is 0 Å². The molecular formula is C13H18N2. The molecule has 0 saturated carbocycles. The van der Waals surface area contributed by atoms with Crippen LogP contribution < -0.4 is 5.73 Å². The van der Waals surface area contributed by atoms with E-state index in [4.69, 9.17) is 11.0 Å². The molecule has 0 heterocycles. The summed E-state index contributed by atoms with van der Waals surface area (Å²) >= 11 is 0. The fraction of sp³-hybridized carbons (Fsp3) is 0.462. The van der Waals surface area contributed by atoms with Crippen molar-refractivity contribution in [2.24, 2.45) is 0 Å². The number of hydrogen-bond acceptors (Lipinski definition) is 2. The van der Waals surface area contributed by atoms with Crippen LogP contribution in [0.4, 0.5) is 5.69 Å². The normalized spacial score (nSPS) is 10.1. The summed E-state index contributed by atoms with van der Waals surface area (Å²) in [4.78, 5) is 0. The van der Waals surface area contributed by atoms with Crippen molar-refractivity contribution in [3.63, 3.8) is 0 Å². The second kappa shape index (κ2) is 4.35. The first-order valence-corrected chi connectivity index (χ1v) is 5.32. The fourth-order valence-corrected chi connectivity index (χ4v) is 1.92. The van der Waals surface area contributed by atoms with E-state index in [-0.39, 0.29) is 0 Å². The molecule has 2 heteroatoms. The number of rotatable bonds is 2. The molecule has 0 atom stereocenters. The van der Waals surface area contributed by atoms with Crippen molar-refractivity contribution >= 4 is 5.69 Å². The molecule has 1 aromatic carbocycles. The standard InChI is InChI=1S/C13H18N2/c1-5-6-11-12(7-14)9(3)8(2)10(4)13(11)15/h5-6,15H2,1-4H3. The maximum absolute atomic E-state index is 9.16. The minimum atomic E-state index is 0.775. The van der Waals surface area contributed by atoms with Gasteiger partial charge in [0.15, 0.2) is 0 Å². The molecule has 80 valence electrons.